The average molecular weight is 364 g/mol. The van der Waals surface area contributed by atoms with Gasteiger partial charge in [-0.05, 0) is 43.2 Å². The van der Waals surface area contributed by atoms with Crippen LogP contribution in [0.3, 0.4) is 0 Å². The van der Waals surface area contributed by atoms with Crippen molar-refractivity contribution < 1.29 is 4.79 Å². The van der Waals surface area contributed by atoms with Gasteiger partial charge in [0.2, 0.25) is 0 Å². The van der Waals surface area contributed by atoms with Crippen LogP contribution >= 0.6 is 23.2 Å². The normalized spacial score (nSPS) is 15.0. The number of hydrogen-bond acceptors (Lipinski definition) is 3. The van der Waals surface area contributed by atoms with Crippen molar-refractivity contribution >= 4 is 40.6 Å². The van der Waals surface area contributed by atoms with Gasteiger partial charge in [0, 0.05) is 25.0 Å². The van der Waals surface area contributed by atoms with Gasteiger partial charge in [-0.25, -0.2) is 4.98 Å². The second-order valence-corrected chi connectivity index (χ2v) is 6.70. The van der Waals surface area contributed by atoms with Crippen LogP contribution in [0.1, 0.15) is 36.0 Å². The summed E-state index contributed by atoms with van der Waals surface area (Å²) in [4.78, 5) is 19.1. The molecule has 0 atom stereocenters. The monoisotopic (exact) mass is 363 g/mol. The molecule has 0 aliphatic carbocycles. The number of benzene rings is 1. The van der Waals surface area contributed by atoms with E-state index in [1.807, 2.05) is 6.07 Å². The zero-order chi connectivity index (χ0) is 16.9. The minimum Gasteiger partial charge on any atom is -0.357 e. The van der Waals surface area contributed by atoms with Gasteiger partial charge < -0.3 is 10.2 Å². The summed E-state index contributed by atoms with van der Waals surface area (Å²) < 4.78 is 0. The van der Waals surface area contributed by atoms with Gasteiger partial charge in [0.25, 0.3) is 5.91 Å². The molecule has 1 N–H and O–H groups in total. The van der Waals surface area contributed by atoms with Crippen molar-refractivity contribution in [2.75, 3.05) is 23.3 Å². The van der Waals surface area contributed by atoms with Crippen LogP contribution in [0.5, 0.6) is 0 Å². The summed E-state index contributed by atoms with van der Waals surface area (Å²) in [5.74, 6) is 0.714. The molecular weight excluding hydrogens is 345 g/mol. The van der Waals surface area contributed by atoms with Gasteiger partial charge in [0.1, 0.15) is 5.82 Å². The molecule has 3 rings (SSSR count). The number of halogens is 2. The highest BCUT2D eigenvalue weighted by Gasteiger charge is 2.13. The number of amides is 1. The first kappa shape index (κ1) is 17.1. The average Bonchev–Trinajstić information content (AvgIpc) is 2.88. The predicted molar refractivity (Wildman–Crippen MR) is 99.3 cm³/mol. The van der Waals surface area contributed by atoms with Crippen LogP contribution in [0.2, 0.25) is 10.0 Å². The number of anilines is 2. The smallest absolute Gasteiger partial charge is 0.257 e. The fourth-order valence-electron chi connectivity index (χ4n) is 2.78. The third-order valence-electron chi connectivity index (χ3n) is 4.12. The molecule has 1 amide bonds. The van der Waals surface area contributed by atoms with Crippen molar-refractivity contribution in [1.82, 2.24) is 4.98 Å². The van der Waals surface area contributed by atoms with Crippen molar-refractivity contribution in [3.05, 3.63) is 52.1 Å². The molecule has 2 heterocycles. The Morgan fingerprint density at radius 2 is 1.75 bits per heavy atom. The van der Waals surface area contributed by atoms with E-state index >= 15 is 0 Å². The Morgan fingerprint density at radius 3 is 2.38 bits per heavy atom. The third kappa shape index (κ3) is 4.19. The van der Waals surface area contributed by atoms with E-state index in [1.165, 1.54) is 25.7 Å². The van der Waals surface area contributed by atoms with E-state index in [2.05, 4.69) is 15.2 Å². The zero-order valence-corrected chi connectivity index (χ0v) is 14.8. The first-order chi connectivity index (χ1) is 11.6. The molecule has 4 nitrogen and oxygen atoms in total. The van der Waals surface area contributed by atoms with E-state index in [0.717, 1.165) is 18.9 Å². The molecule has 0 spiro atoms. The maximum absolute atomic E-state index is 12.3. The summed E-state index contributed by atoms with van der Waals surface area (Å²) in [6.45, 7) is 2.06. The lowest BCUT2D eigenvalue weighted by molar-refractivity contribution is 0.102. The fourth-order valence-corrected chi connectivity index (χ4v) is 3.08. The number of carbonyl (C=O) groups is 1. The topological polar surface area (TPSA) is 45.2 Å². The first-order valence-electron chi connectivity index (χ1n) is 8.11. The van der Waals surface area contributed by atoms with Crippen LogP contribution in [0.4, 0.5) is 11.5 Å². The third-order valence-corrected chi connectivity index (χ3v) is 4.86. The number of hydrogen-bond donors (Lipinski definition) is 1. The highest BCUT2D eigenvalue weighted by Crippen LogP contribution is 2.25. The minimum atomic E-state index is -0.219. The Labute approximate surface area is 151 Å². The largest absolute Gasteiger partial charge is 0.357 e. The SMILES string of the molecule is O=C(Nc1ccc(Cl)c(Cl)c1)c1ccc(N2CCCCCC2)nc1. The van der Waals surface area contributed by atoms with E-state index in [4.69, 9.17) is 23.2 Å². The highest BCUT2D eigenvalue weighted by molar-refractivity contribution is 6.42. The van der Waals surface area contributed by atoms with Crippen LogP contribution in [0.25, 0.3) is 0 Å². The number of nitrogens with zero attached hydrogens (tertiary/aromatic N) is 2. The number of nitrogens with one attached hydrogen (secondary N) is 1. The molecule has 0 saturated carbocycles. The van der Waals surface area contributed by atoms with Gasteiger partial charge >= 0.3 is 0 Å². The fraction of sp³-hybridized carbons (Fsp3) is 0.333. The lowest BCUT2D eigenvalue weighted by atomic mass is 10.2. The summed E-state index contributed by atoms with van der Waals surface area (Å²) in [5, 5.41) is 3.66. The lowest BCUT2D eigenvalue weighted by Crippen LogP contribution is -2.25. The van der Waals surface area contributed by atoms with E-state index in [-0.39, 0.29) is 5.91 Å². The molecule has 126 valence electrons. The van der Waals surface area contributed by atoms with Crippen molar-refractivity contribution in [2.45, 2.75) is 25.7 Å². The number of aromatic nitrogens is 1. The maximum atomic E-state index is 12.3. The van der Waals surface area contributed by atoms with Crippen molar-refractivity contribution in [3.8, 4) is 0 Å². The van der Waals surface area contributed by atoms with Crippen LogP contribution in [0.15, 0.2) is 36.5 Å². The van der Waals surface area contributed by atoms with Crippen molar-refractivity contribution in [1.29, 1.82) is 0 Å². The summed E-state index contributed by atoms with van der Waals surface area (Å²) in [5.41, 5.74) is 1.12. The molecular formula is C18H19Cl2N3O. The van der Waals surface area contributed by atoms with Crippen LogP contribution in [-0.4, -0.2) is 24.0 Å². The van der Waals surface area contributed by atoms with Crippen LogP contribution < -0.4 is 10.2 Å². The van der Waals surface area contributed by atoms with E-state index in [0.29, 0.717) is 21.3 Å². The van der Waals surface area contributed by atoms with E-state index in [9.17, 15) is 4.79 Å². The minimum absolute atomic E-state index is 0.219. The molecule has 1 fully saturated rings. The Bertz CT molecular complexity index is 711. The lowest BCUT2D eigenvalue weighted by Gasteiger charge is -2.21. The Morgan fingerprint density at radius 1 is 1.00 bits per heavy atom. The summed E-state index contributed by atoms with van der Waals surface area (Å²) >= 11 is 11.8. The van der Waals surface area contributed by atoms with Gasteiger partial charge in [0.15, 0.2) is 0 Å². The van der Waals surface area contributed by atoms with Crippen molar-refractivity contribution in [3.63, 3.8) is 0 Å². The molecule has 1 aliphatic rings. The molecule has 6 heteroatoms. The molecule has 0 unspecified atom stereocenters. The number of carbonyl (C=O) groups excluding carboxylic acids is 1. The summed E-state index contributed by atoms with van der Waals surface area (Å²) in [6.07, 6.45) is 6.57. The van der Waals surface area contributed by atoms with Gasteiger partial charge in [-0.1, -0.05) is 36.0 Å². The Hall–Kier alpha value is -1.78. The number of pyridine rings is 1. The Balaban J connectivity index is 1.68. The quantitative estimate of drug-likeness (QED) is 0.832. The maximum Gasteiger partial charge on any atom is 0.257 e. The van der Waals surface area contributed by atoms with Gasteiger partial charge in [-0.3, -0.25) is 4.79 Å². The van der Waals surface area contributed by atoms with Gasteiger partial charge in [-0.15, -0.1) is 0 Å². The summed E-state index contributed by atoms with van der Waals surface area (Å²) in [7, 11) is 0. The zero-order valence-electron chi connectivity index (χ0n) is 13.3. The molecule has 1 aromatic heterocycles. The van der Waals surface area contributed by atoms with E-state index in [1.54, 1.807) is 30.5 Å². The molecule has 0 bridgehead atoms. The Kier molecular flexibility index (Phi) is 5.59. The van der Waals surface area contributed by atoms with Crippen molar-refractivity contribution in [2.24, 2.45) is 0 Å². The molecule has 24 heavy (non-hydrogen) atoms. The second kappa shape index (κ2) is 7.86. The number of rotatable bonds is 3. The first-order valence-corrected chi connectivity index (χ1v) is 8.86. The molecule has 0 radical (unpaired) electrons. The van der Waals surface area contributed by atoms with Gasteiger partial charge in [0.05, 0.1) is 15.6 Å². The molecule has 2 aromatic rings. The summed E-state index contributed by atoms with van der Waals surface area (Å²) in [6, 6.07) is 8.71. The highest BCUT2D eigenvalue weighted by atomic mass is 35.5. The molecule has 1 saturated heterocycles. The second-order valence-electron chi connectivity index (χ2n) is 5.89. The van der Waals surface area contributed by atoms with E-state index < -0.39 is 0 Å². The van der Waals surface area contributed by atoms with Crippen LogP contribution in [-0.2, 0) is 0 Å². The molecule has 1 aromatic carbocycles. The van der Waals surface area contributed by atoms with Crippen LogP contribution in [0, 0.1) is 0 Å². The standard InChI is InChI=1S/C18H19Cl2N3O/c19-15-7-6-14(11-16(15)20)22-18(24)13-5-8-17(21-12-13)23-9-3-1-2-4-10-23/h5-8,11-12H,1-4,9-10H2,(H,22,24). The predicted octanol–water partition coefficient (Wildman–Crippen LogP) is 5.02. The molecule has 1 aliphatic heterocycles. The van der Waals surface area contributed by atoms with Gasteiger partial charge in [-0.2, -0.15) is 0 Å².